The first-order chi connectivity index (χ1) is 11.0. The first kappa shape index (κ1) is 16.7. The third kappa shape index (κ3) is 3.56. The highest BCUT2D eigenvalue weighted by atomic mass is 19.1. The zero-order valence-electron chi connectivity index (χ0n) is 13.0. The predicted octanol–water partition coefficient (Wildman–Crippen LogP) is 4.08. The second-order valence-corrected chi connectivity index (χ2v) is 5.27. The van der Waals surface area contributed by atoms with Crippen molar-refractivity contribution >= 4 is 11.9 Å². The van der Waals surface area contributed by atoms with E-state index in [2.05, 4.69) is 5.32 Å². The number of rotatable bonds is 5. The molecule has 0 aliphatic heterocycles. The van der Waals surface area contributed by atoms with Crippen molar-refractivity contribution in [3.63, 3.8) is 0 Å². The first-order valence-electron chi connectivity index (χ1n) is 7.33. The highest BCUT2D eigenvalue weighted by molar-refractivity contribution is 6.10. The number of benzene rings is 2. The molecule has 4 nitrogen and oxygen atoms in total. The smallest absolute Gasteiger partial charge is 0.405 e. The van der Waals surface area contributed by atoms with Gasteiger partial charge in [-0.05, 0) is 18.9 Å². The Bertz CT molecular complexity index is 729. The molecule has 1 amide bonds. The van der Waals surface area contributed by atoms with Gasteiger partial charge in [0.1, 0.15) is 5.82 Å². The number of carbonyl (C=O) groups is 2. The molecule has 0 spiro atoms. The van der Waals surface area contributed by atoms with E-state index in [1.54, 1.807) is 50.2 Å². The van der Waals surface area contributed by atoms with Gasteiger partial charge in [-0.1, -0.05) is 49.4 Å². The highest BCUT2D eigenvalue weighted by Crippen LogP contribution is 2.26. The number of amides is 1. The number of carboxylic acid groups (broad SMARTS) is 1. The van der Waals surface area contributed by atoms with Crippen LogP contribution in [0.2, 0.25) is 0 Å². The summed E-state index contributed by atoms with van der Waals surface area (Å²) in [5.41, 5.74) is 1.08. The van der Waals surface area contributed by atoms with E-state index in [-0.39, 0.29) is 11.1 Å². The van der Waals surface area contributed by atoms with Crippen molar-refractivity contribution in [2.24, 2.45) is 0 Å². The van der Waals surface area contributed by atoms with Crippen LogP contribution in [0.1, 0.15) is 46.4 Å². The fourth-order valence-electron chi connectivity index (χ4n) is 2.52. The maximum absolute atomic E-state index is 14.9. The summed E-state index contributed by atoms with van der Waals surface area (Å²) in [6.07, 6.45) is -0.849. The Morgan fingerprint density at radius 3 is 2.39 bits per heavy atom. The lowest BCUT2D eigenvalue weighted by Crippen LogP contribution is -2.27. The molecule has 0 heterocycles. The van der Waals surface area contributed by atoms with Crippen molar-refractivity contribution in [2.75, 3.05) is 0 Å². The van der Waals surface area contributed by atoms with Crippen LogP contribution < -0.4 is 5.32 Å². The molecule has 0 radical (unpaired) electrons. The molecule has 0 aliphatic carbocycles. The molecule has 0 saturated heterocycles. The third-order valence-electron chi connectivity index (χ3n) is 3.72. The molecule has 1 atom stereocenters. The van der Waals surface area contributed by atoms with Crippen molar-refractivity contribution in [1.29, 1.82) is 0 Å². The average Bonchev–Trinajstić information content (AvgIpc) is 2.53. The average molecular weight is 315 g/mol. The second kappa shape index (κ2) is 7.05. The Balaban J connectivity index is 2.51. The summed E-state index contributed by atoms with van der Waals surface area (Å²) in [5, 5.41) is 11.2. The van der Waals surface area contributed by atoms with Crippen LogP contribution in [0, 0.1) is 12.7 Å². The van der Waals surface area contributed by atoms with E-state index in [1.807, 2.05) is 0 Å². The monoisotopic (exact) mass is 315 g/mol. The Morgan fingerprint density at radius 2 is 1.83 bits per heavy atom. The lowest BCUT2D eigenvalue weighted by molar-refractivity contribution is 0.103. The number of hydrogen-bond acceptors (Lipinski definition) is 2. The minimum Gasteiger partial charge on any atom is -0.465 e. The van der Waals surface area contributed by atoms with Crippen LogP contribution in [0.15, 0.2) is 42.5 Å². The van der Waals surface area contributed by atoms with Crippen LogP contribution in [0.4, 0.5) is 9.18 Å². The van der Waals surface area contributed by atoms with E-state index >= 15 is 0 Å². The summed E-state index contributed by atoms with van der Waals surface area (Å²) in [6, 6.07) is 10.9. The molecular weight excluding hydrogens is 297 g/mol. The van der Waals surface area contributed by atoms with Crippen molar-refractivity contribution in [3.8, 4) is 0 Å². The maximum Gasteiger partial charge on any atom is 0.405 e. The van der Waals surface area contributed by atoms with Gasteiger partial charge in [-0.15, -0.1) is 0 Å². The van der Waals surface area contributed by atoms with Gasteiger partial charge in [0.15, 0.2) is 5.78 Å². The van der Waals surface area contributed by atoms with Crippen LogP contribution in [-0.4, -0.2) is 17.0 Å². The van der Waals surface area contributed by atoms with Gasteiger partial charge in [-0.25, -0.2) is 9.18 Å². The predicted molar refractivity (Wildman–Crippen MR) is 85.2 cm³/mol. The summed E-state index contributed by atoms with van der Waals surface area (Å²) in [4.78, 5) is 23.5. The van der Waals surface area contributed by atoms with E-state index in [0.29, 0.717) is 17.5 Å². The maximum atomic E-state index is 14.9. The molecule has 0 aliphatic rings. The number of carbonyl (C=O) groups excluding carboxylic acids is 1. The lowest BCUT2D eigenvalue weighted by atomic mass is 9.93. The van der Waals surface area contributed by atoms with Crippen LogP contribution >= 0.6 is 0 Å². The highest BCUT2D eigenvalue weighted by Gasteiger charge is 2.23. The van der Waals surface area contributed by atoms with Gasteiger partial charge in [-0.2, -0.15) is 0 Å². The molecule has 2 N–H and O–H groups in total. The molecule has 0 saturated carbocycles. The zero-order valence-corrected chi connectivity index (χ0v) is 13.0. The molecule has 23 heavy (non-hydrogen) atoms. The van der Waals surface area contributed by atoms with E-state index < -0.39 is 23.7 Å². The fourth-order valence-corrected chi connectivity index (χ4v) is 2.52. The topological polar surface area (TPSA) is 66.4 Å². The second-order valence-electron chi connectivity index (χ2n) is 5.27. The number of nitrogens with one attached hydrogen (secondary N) is 1. The Morgan fingerprint density at radius 1 is 1.17 bits per heavy atom. The van der Waals surface area contributed by atoms with Gasteiger partial charge in [-0.3, -0.25) is 4.79 Å². The SMILES string of the molecule is CC[C@@H](NC(=O)O)c1ccc(C)c(C(=O)c2ccccc2)c1F. The Kier molecular flexibility index (Phi) is 5.11. The first-order valence-corrected chi connectivity index (χ1v) is 7.33. The van der Waals surface area contributed by atoms with Crippen molar-refractivity contribution in [1.82, 2.24) is 5.32 Å². The molecule has 2 aromatic carbocycles. The normalized spacial score (nSPS) is 11.8. The van der Waals surface area contributed by atoms with Gasteiger partial charge in [0, 0.05) is 11.1 Å². The summed E-state index contributed by atoms with van der Waals surface area (Å²) < 4.78 is 14.9. The Hall–Kier alpha value is -2.69. The van der Waals surface area contributed by atoms with Gasteiger partial charge >= 0.3 is 6.09 Å². The molecule has 0 bridgehead atoms. The van der Waals surface area contributed by atoms with Crippen LogP contribution in [0.25, 0.3) is 0 Å². The fraction of sp³-hybridized carbons (Fsp3) is 0.222. The largest absolute Gasteiger partial charge is 0.465 e. The van der Waals surface area contributed by atoms with Crippen LogP contribution in [0.5, 0.6) is 0 Å². The van der Waals surface area contributed by atoms with E-state index in [4.69, 9.17) is 5.11 Å². The van der Waals surface area contributed by atoms with Gasteiger partial charge in [0.05, 0.1) is 11.6 Å². The van der Waals surface area contributed by atoms with Gasteiger partial charge in [0.2, 0.25) is 0 Å². The Labute approximate surface area is 134 Å². The summed E-state index contributed by atoms with van der Waals surface area (Å²) >= 11 is 0. The summed E-state index contributed by atoms with van der Waals surface area (Å²) in [7, 11) is 0. The van der Waals surface area contributed by atoms with E-state index in [0.717, 1.165) is 0 Å². The molecule has 120 valence electrons. The number of hydrogen-bond donors (Lipinski definition) is 2. The number of halogens is 1. The number of aryl methyl sites for hydroxylation is 1. The minimum atomic E-state index is -1.23. The zero-order chi connectivity index (χ0) is 17.0. The molecule has 0 unspecified atom stereocenters. The molecule has 0 aromatic heterocycles. The summed E-state index contributed by atoms with van der Waals surface area (Å²) in [5.74, 6) is -1.08. The number of ketones is 1. The molecule has 0 fully saturated rings. The van der Waals surface area contributed by atoms with Crippen LogP contribution in [-0.2, 0) is 0 Å². The van der Waals surface area contributed by atoms with Crippen molar-refractivity contribution < 1.29 is 19.1 Å². The molecule has 5 heteroatoms. The van der Waals surface area contributed by atoms with Crippen LogP contribution in [0.3, 0.4) is 0 Å². The van der Waals surface area contributed by atoms with E-state index in [1.165, 1.54) is 6.07 Å². The van der Waals surface area contributed by atoms with Crippen molar-refractivity contribution in [2.45, 2.75) is 26.3 Å². The molecule has 2 rings (SSSR count). The minimum absolute atomic E-state index is 0.0145. The quantitative estimate of drug-likeness (QED) is 0.817. The van der Waals surface area contributed by atoms with E-state index in [9.17, 15) is 14.0 Å². The van der Waals surface area contributed by atoms with Crippen molar-refractivity contribution in [3.05, 3.63) is 70.5 Å². The lowest BCUT2D eigenvalue weighted by Gasteiger charge is -2.18. The van der Waals surface area contributed by atoms with Gasteiger partial charge in [0.25, 0.3) is 0 Å². The summed E-state index contributed by atoms with van der Waals surface area (Å²) in [6.45, 7) is 3.41. The third-order valence-corrected chi connectivity index (χ3v) is 3.72. The molecular formula is C18H18FNO3. The van der Waals surface area contributed by atoms with Gasteiger partial charge < -0.3 is 10.4 Å². The standard InChI is InChI=1S/C18H18FNO3/c1-3-14(20-18(22)23)13-10-9-11(2)15(16(13)19)17(21)12-7-5-4-6-8-12/h4-10,14,20H,3H2,1-2H3,(H,22,23)/t14-/m1/s1. The molecule has 2 aromatic rings.